The number of hydrogen-bond donors (Lipinski definition) is 4. The van der Waals surface area contributed by atoms with Crippen molar-refractivity contribution in [3.63, 3.8) is 0 Å². The summed E-state index contributed by atoms with van der Waals surface area (Å²) in [5.41, 5.74) is 12.8. The summed E-state index contributed by atoms with van der Waals surface area (Å²) in [5.74, 6) is -0.948. The average molecular weight is 347 g/mol. The molecule has 0 bridgehead atoms. The number of aromatic nitrogens is 1. The van der Waals surface area contributed by atoms with E-state index in [1.807, 2.05) is 0 Å². The van der Waals surface area contributed by atoms with Gasteiger partial charge in [0, 0.05) is 18.2 Å². The Kier molecular flexibility index (Phi) is 4.89. The third kappa shape index (κ3) is 3.90. The zero-order valence-electron chi connectivity index (χ0n) is 14.0. The maximum Gasteiger partial charge on any atom is 0.250 e. The fraction of sp³-hybridized carbons (Fsp3) is 0.412. The van der Waals surface area contributed by atoms with Crippen molar-refractivity contribution in [2.24, 2.45) is 11.5 Å². The summed E-state index contributed by atoms with van der Waals surface area (Å²) in [7, 11) is 0. The van der Waals surface area contributed by atoms with Gasteiger partial charge in [-0.1, -0.05) is 18.0 Å². The molecule has 1 amide bonds. The molecule has 1 aliphatic rings. The minimum Gasteiger partial charge on any atom is -0.378 e. The number of halogens is 1. The van der Waals surface area contributed by atoms with E-state index in [9.17, 15) is 9.18 Å². The lowest BCUT2D eigenvalue weighted by molar-refractivity contribution is 0.100. The lowest BCUT2D eigenvalue weighted by atomic mass is 9.91. The summed E-state index contributed by atoms with van der Waals surface area (Å²) in [6, 6.07) is 4.25. The van der Waals surface area contributed by atoms with Crippen LogP contribution in [0.5, 0.6) is 0 Å². The number of aryl methyl sites for hydroxylation is 1. The molecule has 0 unspecified atom stereocenters. The predicted molar refractivity (Wildman–Crippen MR) is 93.3 cm³/mol. The van der Waals surface area contributed by atoms with Crippen LogP contribution in [0, 0.1) is 12.7 Å². The molecular weight excluding hydrogens is 325 g/mol. The summed E-state index contributed by atoms with van der Waals surface area (Å²) in [6.07, 6.45) is 3.91. The second-order valence-corrected chi connectivity index (χ2v) is 6.40. The number of carbonyl (C=O) groups is 1. The second kappa shape index (κ2) is 7.10. The highest BCUT2D eigenvalue weighted by molar-refractivity contribution is 5.99. The Morgan fingerprint density at radius 2 is 2.04 bits per heavy atom. The Labute approximate surface area is 144 Å². The Morgan fingerprint density at radius 3 is 2.68 bits per heavy atom. The molecule has 134 valence electrons. The molecular formula is C17H22FN5O2. The minimum absolute atomic E-state index is 0.0111. The van der Waals surface area contributed by atoms with Gasteiger partial charge in [-0.15, -0.1) is 0 Å². The molecule has 2 atom stereocenters. The number of nitrogens with one attached hydrogen (secondary N) is 2. The molecule has 0 spiro atoms. The monoisotopic (exact) mass is 347 g/mol. The van der Waals surface area contributed by atoms with Crippen molar-refractivity contribution in [2.75, 3.05) is 10.6 Å². The van der Waals surface area contributed by atoms with Gasteiger partial charge in [-0.25, -0.2) is 4.39 Å². The molecule has 0 radical (unpaired) electrons. The third-order valence-electron chi connectivity index (χ3n) is 4.42. The van der Waals surface area contributed by atoms with Crippen molar-refractivity contribution in [2.45, 2.75) is 44.7 Å². The molecule has 1 aromatic carbocycles. The summed E-state index contributed by atoms with van der Waals surface area (Å²) in [5, 5.41) is 9.85. The molecule has 1 fully saturated rings. The van der Waals surface area contributed by atoms with E-state index >= 15 is 0 Å². The van der Waals surface area contributed by atoms with Crippen LogP contribution in [-0.2, 0) is 0 Å². The van der Waals surface area contributed by atoms with Crippen LogP contribution in [0.4, 0.5) is 21.6 Å². The normalized spacial score (nSPS) is 20.3. The van der Waals surface area contributed by atoms with Crippen LogP contribution in [0.1, 0.15) is 41.7 Å². The molecule has 0 saturated heterocycles. The molecule has 1 aromatic heterocycles. The number of rotatable bonds is 5. The van der Waals surface area contributed by atoms with Gasteiger partial charge < -0.3 is 26.6 Å². The lowest BCUT2D eigenvalue weighted by Gasteiger charge is -2.30. The maximum absolute atomic E-state index is 14.4. The van der Waals surface area contributed by atoms with Crippen molar-refractivity contribution < 1.29 is 13.7 Å². The summed E-state index contributed by atoms with van der Waals surface area (Å²) >= 11 is 0. The quantitative estimate of drug-likeness (QED) is 0.660. The van der Waals surface area contributed by atoms with E-state index in [4.69, 9.17) is 16.0 Å². The first-order valence-corrected chi connectivity index (χ1v) is 8.30. The van der Waals surface area contributed by atoms with Gasteiger partial charge in [0.15, 0.2) is 0 Å². The number of nitrogens with two attached hydrogens (primary N) is 2. The Balaban J connectivity index is 1.90. The molecule has 25 heavy (non-hydrogen) atoms. The van der Waals surface area contributed by atoms with Crippen molar-refractivity contribution in [1.82, 2.24) is 5.16 Å². The SMILES string of the molecule is Cc1cc(Nc2cc(N[C@@H]3CCCC[C@@H]3N)c(F)cc2C(N)=O)on1. The molecule has 1 heterocycles. The first kappa shape index (κ1) is 17.2. The largest absolute Gasteiger partial charge is 0.378 e. The number of benzene rings is 1. The van der Waals surface area contributed by atoms with E-state index in [0.29, 0.717) is 17.3 Å². The molecule has 2 aromatic rings. The molecule has 8 heteroatoms. The number of primary amides is 1. The molecule has 0 aliphatic heterocycles. The highest BCUT2D eigenvalue weighted by Gasteiger charge is 2.23. The fourth-order valence-corrected chi connectivity index (χ4v) is 3.08. The van der Waals surface area contributed by atoms with E-state index in [2.05, 4.69) is 15.8 Å². The number of hydrogen-bond acceptors (Lipinski definition) is 6. The third-order valence-corrected chi connectivity index (χ3v) is 4.42. The van der Waals surface area contributed by atoms with E-state index < -0.39 is 11.7 Å². The smallest absolute Gasteiger partial charge is 0.250 e. The van der Waals surface area contributed by atoms with E-state index in [-0.39, 0.29) is 23.3 Å². The van der Waals surface area contributed by atoms with Crippen molar-refractivity contribution in [1.29, 1.82) is 0 Å². The van der Waals surface area contributed by atoms with Crippen LogP contribution in [0.25, 0.3) is 0 Å². The van der Waals surface area contributed by atoms with Gasteiger partial charge in [-0.2, -0.15) is 0 Å². The van der Waals surface area contributed by atoms with Crippen LogP contribution in [0.3, 0.4) is 0 Å². The average Bonchev–Trinajstić information content (AvgIpc) is 2.97. The highest BCUT2D eigenvalue weighted by atomic mass is 19.1. The summed E-state index contributed by atoms with van der Waals surface area (Å²) in [4.78, 5) is 11.7. The molecule has 3 rings (SSSR count). The number of carbonyl (C=O) groups excluding carboxylic acids is 1. The zero-order valence-corrected chi connectivity index (χ0v) is 14.0. The van der Waals surface area contributed by atoms with Gasteiger partial charge in [-0.05, 0) is 31.9 Å². The van der Waals surface area contributed by atoms with Crippen molar-refractivity contribution >= 4 is 23.2 Å². The van der Waals surface area contributed by atoms with Crippen LogP contribution >= 0.6 is 0 Å². The summed E-state index contributed by atoms with van der Waals surface area (Å²) in [6.45, 7) is 1.77. The van der Waals surface area contributed by atoms with Crippen LogP contribution < -0.4 is 22.1 Å². The van der Waals surface area contributed by atoms with Crippen LogP contribution in [0.15, 0.2) is 22.7 Å². The Hall–Kier alpha value is -2.61. The van der Waals surface area contributed by atoms with E-state index in [1.165, 1.54) is 6.07 Å². The molecule has 1 saturated carbocycles. The first-order valence-electron chi connectivity index (χ1n) is 8.30. The van der Waals surface area contributed by atoms with Gasteiger partial charge in [0.2, 0.25) is 5.88 Å². The Bertz CT molecular complexity index is 776. The lowest BCUT2D eigenvalue weighted by Crippen LogP contribution is -2.42. The van der Waals surface area contributed by atoms with Crippen LogP contribution in [-0.4, -0.2) is 23.1 Å². The topological polar surface area (TPSA) is 119 Å². The van der Waals surface area contributed by atoms with E-state index in [1.54, 1.807) is 13.0 Å². The molecule has 7 nitrogen and oxygen atoms in total. The molecule has 1 aliphatic carbocycles. The van der Waals surface area contributed by atoms with Gasteiger partial charge >= 0.3 is 0 Å². The molecule has 6 N–H and O–H groups in total. The van der Waals surface area contributed by atoms with Crippen molar-refractivity contribution in [3.8, 4) is 0 Å². The fourth-order valence-electron chi connectivity index (χ4n) is 3.08. The zero-order chi connectivity index (χ0) is 18.0. The number of nitrogens with zero attached hydrogens (tertiary/aromatic N) is 1. The number of anilines is 3. The first-order chi connectivity index (χ1) is 11.9. The van der Waals surface area contributed by atoms with E-state index in [0.717, 1.165) is 31.7 Å². The Morgan fingerprint density at radius 1 is 1.28 bits per heavy atom. The standard InChI is InChI=1S/C17H22FN5O2/c1-9-6-16(25-23-9)22-14-8-15(11(18)7-10(14)17(20)24)21-13-5-3-2-4-12(13)19/h6-8,12-13,21-22H,2-5,19H2,1H3,(H2,20,24)/t12-,13+/m0/s1. The maximum atomic E-state index is 14.4. The van der Waals surface area contributed by atoms with Gasteiger partial charge in [0.05, 0.1) is 22.6 Å². The minimum atomic E-state index is -0.737. The summed E-state index contributed by atoms with van der Waals surface area (Å²) < 4.78 is 19.5. The highest BCUT2D eigenvalue weighted by Crippen LogP contribution is 2.30. The van der Waals surface area contributed by atoms with Gasteiger partial charge in [0.25, 0.3) is 5.91 Å². The number of amides is 1. The second-order valence-electron chi connectivity index (χ2n) is 6.40. The van der Waals surface area contributed by atoms with Gasteiger partial charge in [-0.3, -0.25) is 4.79 Å². The predicted octanol–water partition coefficient (Wildman–Crippen LogP) is 2.65. The van der Waals surface area contributed by atoms with Crippen molar-refractivity contribution in [3.05, 3.63) is 35.3 Å². The van der Waals surface area contributed by atoms with Gasteiger partial charge in [0.1, 0.15) is 5.82 Å². The van der Waals surface area contributed by atoms with Crippen LogP contribution in [0.2, 0.25) is 0 Å².